The number of aromatic amines is 1. The maximum Gasteiger partial charge on any atom is 0.337 e. The molecular formula is C26H22N2O6. The molecule has 1 aliphatic heterocycles. The van der Waals surface area contributed by atoms with Crippen LogP contribution in [0.5, 0.6) is 5.75 Å². The van der Waals surface area contributed by atoms with Crippen molar-refractivity contribution < 1.29 is 33.9 Å². The summed E-state index contributed by atoms with van der Waals surface area (Å²) in [5.41, 5.74) is 1.69. The van der Waals surface area contributed by atoms with Crippen molar-refractivity contribution in [1.29, 1.82) is 0 Å². The molecule has 1 fully saturated rings. The monoisotopic (exact) mass is 458 g/mol. The first-order valence-electron chi connectivity index (χ1n) is 10.5. The average Bonchev–Trinajstić information content (AvgIpc) is 3.13. The molecule has 1 aromatic heterocycles. The molecule has 172 valence electrons. The molecule has 1 unspecified atom stereocenters. The van der Waals surface area contributed by atoms with Crippen molar-refractivity contribution in [3.63, 3.8) is 0 Å². The Labute approximate surface area is 196 Å². The van der Waals surface area contributed by atoms with Gasteiger partial charge in [-0.2, -0.15) is 0 Å². The average molecular weight is 458 g/mol. The molecule has 1 atom stereocenters. The number of nitrogens with one attached hydrogen (secondary N) is 1. The molecule has 34 heavy (non-hydrogen) atoms. The van der Waals surface area contributed by atoms with E-state index < -0.39 is 29.5 Å². The molecule has 1 N–H and O–H groups in total. The first-order valence-corrected chi connectivity index (χ1v) is 10.5. The summed E-state index contributed by atoms with van der Waals surface area (Å²) in [7, 11) is 2.76. The summed E-state index contributed by atoms with van der Waals surface area (Å²) in [6, 6.07) is 15.4. The van der Waals surface area contributed by atoms with Gasteiger partial charge in [0, 0.05) is 17.2 Å². The molecule has 0 radical (unpaired) electrons. The number of ether oxygens (including phenoxy) is 2. The quantitative estimate of drug-likeness (QED) is 0.241. The highest BCUT2D eigenvalue weighted by Gasteiger charge is 2.44. The van der Waals surface area contributed by atoms with Gasteiger partial charge < -0.3 is 19.5 Å². The van der Waals surface area contributed by atoms with Crippen LogP contribution in [0.1, 0.15) is 33.1 Å². The topological polar surface area (TPSA) is 110 Å². The van der Waals surface area contributed by atoms with Gasteiger partial charge in [-0.3, -0.25) is 9.59 Å². The van der Waals surface area contributed by atoms with E-state index in [0.29, 0.717) is 16.9 Å². The number of H-pyrrole nitrogens is 1. The fraction of sp³-hybridized carbons (Fsp3) is 0.154. The van der Waals surface area contributed by atoms with E-state index in [4.69, 9.17) is 9.47 Å². The summed E-state index contributed by atoms with van der Waals surface area (Å²) in [6.45, 7) is 0.111. The molecule has 0 aliphatic carbocycles. The third-order valence-electron chi connectivity index (χ3n) is 5.63. The van der Waals surface area contributed by atoms with Gasteiger partial charge in [0.1, 0.15) is 5.75 Å². The second kappa shape index (κ2) is 9.58. The molecule has 2 aromatic carbocycles. The zero-order valence-corrected chi connectivity index (χ0v) is 18.6. The van der Waals surface area contributed by atoms with E-state index in [1.807, 2.05) is 6.07 Å². The Bertz CT molecular complexity index is 1270. The van der Waals surface area contributed by atoms with E-state index in [1.165, 1.54) is 37.3 Å². The van der Waals surface area contributed by atoms with Crippen LogP contribution in [0.3, 0.4) is 0 Å². The number of ketones is 1. The summed E-state index contributed by atoms with van der Waals surface area (Å²) in [5.74, 6) is -2.23. The molecule has 1 saturated heterocycles. The number of rotatable bonds is 6. The number of esters is 1. The predicted octanol–water partition coefficient (Wildman–Crippen LogP) is 1.72. The molecule has 1 aliphatic rings. The van der Waals surface area contributed by atoms with Crippen LogP contribution in [0.2, 0.25) is 0 Å². The highest BCUT2D eigenvalue weighted by atomic mass is 16.5. The van der Waals surface area contributed by atoms with Gasteiger partial charge in [0.05, 0.1) is 32.4 Å². The lowest BCUT2D eigenvalue weighted by molar-refractivity contribution is -0.378. The van der Waals surface area contributed by atoms with E-state index in [9.17, 15) is 19.5 Å². The molecule has 2 heterocycles. The third-order valence-corrected chi connectivity index (χ3v) is 5.63. The molecule has 1 amide bonds. The van der Waals surface area contributed by atoms with Crippen LogP contribution in [0.15, 0.2) is 78.6 Å². The van der Waals surface area contributed by atoms with Crippen LogP contribution in [-0.2, 0) is 20.9 Å². The lowest BCUT2D eigenvalue weighted by atomic mass is 9.94. The predicted molar refractivity (Wildman–Crippen MR) is 119 cm³/mol. The van der Waals surface area contributed by atoms with E-state index in [2.05, 4.69) is 4.98 Å². The summed E-state index contributed by atoms with van der Waals surface area (Å²) in [5, 5.41) is 13.5. The molecule has 0 saturated carbocycles. The maximum atomic E-state index is 13.5. The van der Waals surface area contributed by atoms with Crippen molar-refractivity contribution >= 4 is 23.4 Å². The van der Waals surface area contributed by atoms with Crippen LogP contribution in [0.4, 0.5) is 0 Å². The number of carbonyl (C=O) groups is 3. The van der Waals surface area contributed by atoms with Gasteiger partial charge in [0.15, 0.2) is 12.4 Å². The zero-order chi connectivity index (χ0) is 24.2. The van der Waals surface area contributed by atoms with Crippen LogP contribution >= 0.6 is 0 Å². The van der Waals surface area contributed by atoms with Gasteiger partial charge in [-0.05, 0) is 41.5 Å². The van der Waals surface area contributed by atoms with Gasteiger partial charge in [-0.25, -0.2) is 9.78 Å². The van der Waals surface area contributed by atoms with Crippen molar-refractivity contribution in [2.45, 2.75) is 12.6 Å². The number of Topliss-reactive ketones (excluding diaryl/α,β-unsaturated/α-hetero) is 1. The number of benzene rings is 2. The second-order valence-electron chi connectivity index (χ2n) is 7.66. The molecule has 0 bridgehead atoms. The number of hydrogen-bond acceptors (Lipinski definition) is 6. The standard InChI is InChI=1S/C26H22N2O6/c1-33-20-7-3-6-19(13-20)23(29)21-22(17-8-10-18(11-9-17)26(32)34-2)28(25(31)24(21)30)15-16-5-4-12-27-14-16/h3-14,22,29H,15H2,1-2H3/b23-21+. The number of hydrogen-bond donors (Lipinski definition) is 0. The van der Waals surface area contributed by atoms with Gasteiger partial charge in [-0.15, -0.1) is 0 Å². The lowest BCUT2D eigenvalue weighted by Gasteiger charge is -2.27. The fourth-order valence-electron chi connectivity index (χ4n) is 3.94. The Hall–Kier alpha value is -4.46. The first-order chi connectivity index (χ1) is 16.4. The van der Waals surface area contributed by atoms with Gasteiger partial charge in [0.25, 0.3) is 5.91 Å². The number of amides is 1. The Morgan fingerprint density at radius 1 is 1.03 bits per heavy atom. The van der Waals surface area contributed by atoms with Crippen LogP contribution < -0.4 is 14.8 Å². The van der Waals surface area contributed by atoms with E-state index in [0.717, 1.165) is 5.56 Å². The number of nitrogens with zero attached hydrogens (tertiary/aromatic N) is 1. The molecule has 8 heteroatoms. The van der Waals surface area contributed by atoms with Crippen molar-refractivity contribution in [3.8, 4) is 5.75 Å². The highest BCUT2D eigenvalue weighted by molar-refractivity contribution is 6.46. The number of methoxy groups -OCH3 is 2. The van der Waals surface area contributed by atoms with Gasteiger partial charge in [0.2, 0.25) is 5.78 Å². The normalized spacial score (nSPS) is 17.0. The zero-order valence-electron chi connectivity index (χ0n) is 18.6. The Kier molecular flexibility index (Phi) is 6.40. The van der Waals surface area contributed by atoms with E-state index in [-0.39, 0.29) is 17.7 Å². The van der Waals surface area contributed by atoms with Gasteiger partial charge in [-0.1, -0.05) is 30.0 Å². The molecular weight excluding hydrogens is 436 g/mol. The van der Waals surface area contributed by atoms with Crippen LogP contribution in [0.25, 0.3) is 5.76 Å². The summed E-state index contributed by atoms with van der Waals surface area (Å²) >= 11 is 0. The van der Waals surface area contributed by atoms with E-state index in [1.54, 1.807) is 48.8 Å². The van der Waals surface area contributed by atoms with Crippen molar-refractivity contribution in [2.75, 3.05) is 14.2 Å². The van der Waals surface area contributed by atoms with Gasteiger partial charge >= 0.3 is 5.97 Å². The van der Waals surface area contributed by atoms with E-state index >= 15 is 0 Å². The summed E-state index contributed by atoms with van der Waals surface area (Å²) in [6.07, 6.45) is 3.45. The Morgan fingerprint density at radius 3 is 2.44 bits per heavy atom. The van der Waals surface area contributed by atoms with Crippen LogP contribution in [-0.4, -0.2) is 36.8 Å². The van der Waals surface area contributed by atoms with Crippen molar-refractivity contribution in [2.24, 2.45) is 0 Å². The van der Waals surface area contributed by atoms with Crippen molar-refractivity contribution in [3.05, 3.63) is 101 Å². The molecule has 8 nitrogen and oxygen atoms in total. The largest absolute Gasteiger partial charge is 0.872 e. The smallest absolute Gasteiger partial charge is 0.337 e. The minimum Gasteiger partial charge on any atom is -0.872 e. The summed E-state index contributed by atoms with van der Waals surface area (Å²) < 4.78 is 9.95. The number of likely N-dealkylation sites (tertiary alicyclic amines) is 1. The Balaban J connectivity index is 1.85. The minimum absolute atomic E-state index is 0.111. The summed E-state index contributed by atoms with van der Waals surface area (Å²) in [4.78, 5) is 42.4. The maximum absolute atomic E-state index is 13.5. The van der Waals surface area contributed by atoms with Crippen molar-refractivity contribution in [1.82, 2.24) is 4.90 Å². The number of pyridine rings is 1. The first kappa shape index (κ1) is 22.7. The SMILES string of the molecule is COC(=O)c1ccc(C2/C(=C(\[O-])c3cccc(OC)c3)C(=O)C(=O)N2Cc2ccc[nH+]c2)cc1. The minimum atomic E-state index is -0.925. The third kappa shape index (κ3) is 4.25. The fourth-order valence-corrected chi connectivity index (χ4v) is 3.94. The molecule has 0 spiro atoms. The lowest BCUT2D eigenvalue weighted by Crippen LogP contribution is -2.29. The number of carbonyl (C=O) groups excluding carboxylic acids is 3. The highest BCUT2D eigenvalue weighted by Crippen LogP contribution is 2.39. The Morgan fingerprint density at radius 2 is 1.79 bits per heavy atom. The molecule has 4 rings (SSSR count). The second-order valence-corrected chi connectivity index (χ2v) is 7.66. The molecule has 3 aromatic rings. The number of aromatic nitrogens is 1. The van der Waals surface area contributed by atoms with Crippen LogP contribution in [0, 0.1) is 0 Å².